The van der Waals surface area contributed by atoms with Crippen molar-refractivity contribution >= 4 is 16.9 Å². The number of fused-ring (bicyclic) bond motifs is 2. The summed E-state index contributed by atoms with van der Waals surface area (Å²) >= 11 is 0. The number of rotatable bonds is 2. The predicted molar refractivity (Wildman–Crippen MR) is 84.6 cm³/mol. The number of hydrogen-bond donors (Lipinski definition) is 3. The minimum atomic E-state index is -0.458. The number of imidazole rings is 1. The second-order valence-corrected chi connectivity index (χ2v) is 5.52. The molecule has 0 fully saturated rings. The summed E-state index contributed by atoms with van der Waals surface area (Å²) in [5, 5.41) is 3.49. The maximum absolute atomic E-state index is 11.6. The monoisotopic (exact) mass is 292 g/mol. The number of para-hydroxylation sites is 1. The first-order chi connectivity index (χ1) is 10.7. The molecule has 2 heterocycles. The lowest BCUT2D eigenvalue weighted by atomic mass is 9.94. The highest BCUT2D eigenvalue weighted by atomic mass is 16.1. The van der Waals surface area contributed by atoms with Crippen LogP contribution in [0.3, 0.4) is 0 Å². The molecule has 0 radical (unpaired) electrons. The van der Waals surface area contributed by atoms with E-state index in [2.05, 4.69) is 33.5 Å². The SMILES string of the molecule is NC(=O)c1cccc2[nH]c(C3NCCc4ccccc43)nc12. The fourth-order valence-corrected chi connectivity index (χ4v) is 3.14. The van der Waals surface area contributed by atoms with E-state index in [0.29, 0.717) is 11.1 Å². The Morgan fingerprint density at radius 1 is 1.18 bits per heavy atom. The average molecular weight is 292 g/mol. The van der Waals surface area contributed by atoms with Crippen molar-refractivity contribution in [1.82, 2.24) is 15.3 Å². The molecule has 22 heavy (non-hydrogen) atoms. The van der Waals surface area contributed by atoms with E-state index < -0.39 is 5.91 Å². The number of nitrogens with one attached hydrogen (secondary N) is 2. The molecule has 1 aromatic heterocycles. The molecule has 0 spiro atoms. The zero-order chi connectivity index (χ0) is 15.1. The lowest BCUT2D eigenvalue weighted by molar-refractivity contribution is 0.100. The lowest BCUT2D eigenvalue weighted by Crippen LogP contribution is -2.31. The fraction of sp³-hybridized carbons (Fsp3) is 0.176. The number of hydrogen-bond acceptors (Lipinski definition) is 3. The summed E-state index contributed by atoms with van der Waals surface area (Å²) in [4.78, 5) is 19.5. The third kappa shape index (κ3) is 1.98. The molecule has 0 saturated heterocycles. The molecule has 0 bridgehead atoms. The van der Waals surface area contributed by atoms with Gasteiger partial charge in [-0.3, -0.25) is 4.79 Å². The molecule has 4 rings (SSSR count). The molecule has 0 aliphatic carbocycles. The van der Waals surface area contributed by atoms with E-state index in [0.717, 1.165) is 24.3 Å². The molecule has 4 N–H and O–H groups in total. The number of aromatic amines is 1. The molecule has 110 valence electrons. The zero-order valence-corrected chi connectivity index (χ0v) is 12.0. The number of primary amides is 1. The van der Waals surface area contributed by atoms with Crippen molar-refractivity contribution in [1.29, 1.82) is 0 Å². The average Bonchev–Trinajstić information content (AvgIpc) is 2.97. The molecule has 5 nitrogen and oxygen atoms in total. The Morgan fingerprint density at radius 2 is 2.05 bits per heavy atom. The molecule has 1 atom stereocenters. The van der Waals surface area contributed by atoms with Crippen molar-refractivity contribution in [2.75, 3.05) is 6.54 Å². The van der Waals surface area contributed by atoms with E-state index in [1.165, 1.54) is 11.1 Å². The first kappa shape index (κ1) is 13.0. The number of nitrogens with two attached hydrogens (primary N) is 1. The summed E-state index contributed by atoms with van der Waals surface area (Å²) in [5.74, 6) is 0.358. The molecule has 5 heteroatoms. The summed E-state index contributed by atoms with van der Waals surface area (Å²) in [6.07, 6.45) is 1.01. The van der Waals surface area contributed by atoms with Crippen LogP contribution >= 0.6 is 0 Å². The molecular weight excluding hydrogens is 276 g/mol. The van der Waals surface area contributed by atoms with Crippen LogP contribution in [0.2, 0.25) is 0 Å². The quantitative estimate of drug-likeness (QED) is 0.674. The summed E-state index contributed by atoms with van der Waals surface area (Å²) in [6, 6.07) is 13.8. The van der Waals surface area contributed by atoms with Crippen molar-refractivity contribution in [3.63, 3.8) is 0 Å². The number of aromatic nitrogens is 2. The Kier molecular flexibility index (Phi) is 2.94. The van der Waals surface area contributed by atoms with Crippen LogP contribution in [0.5, 0.6) is 0 Å². The van der Waals surface area contributed by atoms with E-state index in [-0.39, 0.29) is 6.04 Å². The summed E-state index contributed by atoms with van der Waals surface area (Å²) in [5.41, 5.74) is 9.91. The Bertz CT molecular complexity index is 868. The van der Waals surface area contributed by atoms with Gasteiger partial charge in [0.1, 0.15) is 11.3 Å². The number of amides is 1. The first-order valence-corrected chi connectivity index (χ1v) is 7.33. The summed E-state index contributed by atoms with van der Waals surface area (Å²) < 4.78 is 0. The molecule has 1 aliphatic rings. The van der Waals surface area contributed by atoms with E-state index in [9.17, 15) is 4.79 Å². The van der Waals surface area contributed by atoms with Crippen LogP contribution in [0.1, 0.15) is 33.4 Å². The third-order valence-corrected chi connectivity index (χ3v) is 4.18. The van der Waals surface area contributed by atoms with Gasteiger partial charge in [-0.1, -0.05) is 30.3 Å². The molecule has 1 amide bonds. The van der Waals surface area contributed by atoms with Crippen molar-refractivity contribution < 1.29 is 4.79 Å². The largest absolute Gasteiger partial charge is 0.366 e. The Morgan fingerprint density at radius 3 is 2.91 bits per heavy atom. The van der Waals surface area contributed by atoms with Gasteiger partial charge < -0.3 is 16.0 Å². The van der Waals surface area contributed by atoms with Crippen LogP contribution < -0.4 is 11.1 Å². The van der Waals surface area contributed by atoms with Gasteiger partial charge in [-0.05, 0) is 29.7 Å². The number of carbonyl (C=O) groups is 1. The van der Waals surface area contributed by atoms with E-state index in [4.69, 9.17) is 5.73 Å². The number of benzene rings is 2. The smallest absolute Gasteiger partial charge is 0.250 e. The number of carbonyl (C=O) groups excluding carboxylic acids is 1. The van der Waals surface area contributed by atoms with Gasteiger partial charge in [0, 0.05) is 6.54 Å². The molecule has 0 saturated carbocycles. The van der Waals surface area contributed by atoms with Gasteiger partial charge in [0.05, 0.1) is 17.1 Å². The van der Waals surface area contributed by atoms with Crippen LogP contribution in [-0.2, 0) is 6.42 Å². The number of H-pyrrole nitrogens is 1. The predicted octanol–water partition coefficient (Wildman–Crippen LogP) is 1.90. The second-order valence-electron chi connectivity index (χ2n) is 5.52. The minimum absolute atomic E-state index is 0.0121. The molecule has 3 aromatic rings. The lowest BCUT2D eigenvalue weighted by Gasteiger charge is -2.25. The Hall–Kier alpha value is -2.66. The van der Waals surface area contributed by atoms with Crippen molar-refractivity contribution in [2.45, 2.75) is 12.5 Å². The van der Waals surface area contributed by atoms with Gasteiger partial charge in [0.2, 0.25) is 0 Å². The van der Waals surface area contributed by atoms with Crippen LogP contribution in [0, 0.1) is 0 Å². The van der Waals surface area contributed by atoms with Crippen molar-refractivity contribution in [3.05, 3.63) is 65.0 Å². The number of nitrogens with zero attached hydrogens (tertiary/aromatic N) is 1. The zero-order valence-electron chi connectivity index (χ0n) is 12.0. The fourth-order valence-electron chi connectivity index (χ4n) is 3.14. The highest BCUT2D eigenvalue weighted by Crippen LogP contribution is 2.28. The second kappa shape index (κ2) is 4.96. The highest BCUT2D eigenvalue weighted by molar-refractivity contribution is 6.04. The van der Waals surface area contributed by atoms with Crippen molar-refractivity contribution in [2.24, 2.45) is 5.73 Å². The van der Waals surface area contributed by atoms with Crippen LogP contribution in [0.4, 0.5) is 0 Å². The normalized spacial score (nSPS) is 17.4. The summed E-state index contributed by atoms with van der Waals surface area (Å²) in [7, 11) is 0. The van der Waals surface area contributed by atoms with E-state index in [1.54, 1.807) is 6.07 Å². The van der Waals surface area contributed by atoms with E-state index >= 15 is 0 Å². The maximum atomic E-state index is 11.6. The van der Waals surface area contributed by atoms with Crippen molar-refractivity contribution in [3.8, 4) is 0 Å². The van der Waals surface area contributed by atoms with Gasteiger partial charge >= 0.3 is 0 Å². The molecular formula is C17H16N4O. The Balaban J connectivity index is 1.86. The molecule has 1 unspecified atom stereocenters. The minimum Gasteiger partial charge on any atom is -0.366 e. The summed E-state index contributed by atoms with van der Waals surface area (Å²) in [6.45, 7) is 0.904. The van der Waals surface area contributed by atoms with Gasteiger partial charge in [0.15, 0.2) is 0 Å². The highest BCUT2D eigenvalue weighted by Gasteiger charge is 2.24. The first-order valence-electron chi connectivity index (χ1n) is 7.33. The topological polar surface area (TPSA) is 83.8 Å². The van der Waals surface area contributed by atoms with Gasteiger partial charge in [-0.2, -0.15) is 0 Å². The van der Waals surface area contributed by atoms with Gasteiger partial charge in [0.25, 0.3) is 5.91 Å². The van der Waals surface area contributed by atoms with Gasteiger partial charge in [-0.25, -0.2) is 4.98 Å². The standard InChI is InChI=1S/C17H16N4O/c18-16(22)12-6-3-7-13-14(12)21-17(20-13)15-11-5-2-1-4-10(11)8-9-19-15/h1-7,15,19H,8-9H2,(H2,18,22)(H,20,21). The third-order valence-electron chi connectivity index (χ3n) is 4.18. The van der Waals surface area contributed by atoms with Crippen LogP contribution in [0.15, 0.2) is 42.5 Å². The molecule has 1 aliphatic heterocycles. The van der Waals surface area contributed by atoms with Crippen LogP contribution in [-0.4, -0.2) is 22.4 Å². The van der Waals surface area contributed by atoms with Gasteiger partial charge in [-0.15, -0.1) is 0 Å². The maximum Gasteiger partial charge on any atom is 0.250 e. The Labute approximate surface area is 127 Å². The molecule has 2 aromatic carbocycles. The van der Waals surface area contributed by atoms with E-state index in [1.807, 2.05) is 18.2 Å². The van der Waals surface area contributed by atoms with Crippen LogP contribution in [0.25, 0.3) is 11.0 Å².